The van der Waals surface area contributed by atoms with Gasteiger partial charge in [0.25, 0.3) is 0 Å². The molecule has 8 heteroatoms. The van der Waals surface area contributed by atoms with Crippen LogP contribution in [0.5, 0.6) is 11.5 Å². The van der Waals surface area contributed by atoms with Gasteiger partial charge in [-0.15, -0.1) is 0 Å². The molecule has 0 amide bonds. The molecule has 0 saturated heterocycles. The molecule has 1 aromatic heterocycles. The van der Waals surface area contributed by atoms with Crippen molar-refractivity contribution >= 4 is 5.95 Å². The summed E-state index contributed by atoms with van der Waals surface area (Å²) in [5.74, 6) is 7.13. The van der Waals surface area contributed by atoms with Crippen LogP contribution in [0.25, 0.3) is 11.4 Å². The third-order valence-corrected chi connectivity index (χ3v) is 2.61. The maximum absolute atomic E-state index is 11.5. The lowest BCUT2D eigenvalue weighted by molar-refractivity contribution is 0.355. The molecule has 0 saturated carbocycles. The van der Waals surface area contributed by atoms with E-state index >= 15 is 0 Å². The van der Waals surface area contributed by atoms with E-state index in [2.05, 4.69) is 15.0 Å². The Morgan fingerprint density at radius 1 is 1.20 bits per heavy atom. The Labute approximate surface area is 115 Å². The van der Waals surface area contributed by atoms with Gasteiger partial charge in [0.15, 0.2) is 11.5 Å². The van der Waals surface area contributed by atoms with Gasteiger partial charge in [0.2, 0.25) is 5.95 Å². The highest BCUT2D eigenvalue weighted by atomic mass is 16.5. The minimum absolute atomic E-state index is 0.124. The summed E-state index contributed by atoms with van der Waals surface area (Å²) in [6.07, 6.45) is 0. The van der Waals surface area contributed by atoms with Crippen molar-refractivity contribution in [2.45, 2.75) is 0 Å². The number of hydrogen-bond acceptors (Lipinski definition) is 7. The van der Waals surface area contributed by atoms with Gasteiger partial charge >= 0.3 is 5.69 Å². The van der Waals surface area contributed by atoms with Gasteiger partial charge in [0, 0.05) is 12.6 Å². The number of benzene rings is 1. The molecule has 106 valence electrons. The van der Waals surface area contributed by atoms with Gasteiger partial charge in [-0.2, -0.15) is 9.97 Å². The molecular formula is C12H15N5O3. The summed E-state index contributed by atoms with van der Waals surface area (Å²) in [6.45, 7) is 0. The number of hydrogen-bond donors (Lipinski definition) is 2. The summed E-state index contributed by atoms with van der Waals surface area (Å²) in [4.78, 5) is 21.9. The molecule has 0 aliphatic rings. The number of anilines is 1. The van der Waals surface area contributed by atoms with Crippen LogP contribution in [0, 0.1) is 0 Å². The largest absolute Gasteiger partial charge is 0.493 e. The summed E-state index contributed by atoms with van der Waals surface area (Å²) in [5, 5.41) is 1.17. The number of rotatable bonds is 4. The van der Waals surface area contributed by atoms with Crippen LogP contribution < -0.4 is 26.0 Å². The Morgan fingerprint density at radius 3 is 2.50 bits per heavy atom. The Morgan fingerprint density at radius 2 is 1.90 bits per heavy atom. The molecule has 0 fully saturated rings. The highest BCUT2D eigenvalue weighted by Crippen LogP contribution is 2.30. The maximum atomic E-state index is 11.5. The van der Waals surface area contributed by atoms with Gasteiger partial charge in [0.1, 0.15) is 5.82 Å². The zero-order valence-electron chi connectivity index (χ0n) is 11.4. The molecule has 20 heavy (non-hydrogen) atoms. The van der Waals surface area contributed by atoms with Crippen molar-refractivity contribution in [1.82, 2.24) is 15.0 Å². The first-order chi connectivity index (χ1) is 9.55. The van der Waals surface area contributed by atoms with Crippen LogP contribution in [0.15, 0.2) is 23.0 Å². The zero-order chi connectivity index (χ0) is 14.7. The SMILES string of the molecule is COc1ccc(-c2nc(N(C)N)nc(=O)[nH]2)cc1OC. The second-order valence-electron chi connectivity index (χ2n) is 3.98. The zero-order valence-corrected chi connectivity index (χ0v) is 11.4. The highest BCUT2D eigenvalue weighted by Gasteiger charge is 2.10. The van der Waals surface area contributed by atoms with Gasteiger partial charge in [-0.05, 0) is 18.2 Å². The van der Waals surface area contributed by atoms with E-state index in [9.17, 15) is 4.79 Å². The second kappa shape index (κ2) is 5.57. The number of aromatic nitrogens is 3. The number of nitrogens with one attached hydrogen (secondary N) is 1. The average molecular weight is 277 g/mol. The van der Waals surface area contributed by atoms with E-state index in [0.29, 0.717) is 22.9 Å². The molecule has 0 radical (unpaired) electrons. The van der Waals surface area contributed by atoms with E-state index in [1.807, 2.05) is 0 Å². The number of aromatic amines is 1. The van der Waals surface area contributed by atoms with Crippen molar-refractivity contribution < 1.29 is 9.47 Å². The summed E-state index contributed by atoms with van der Waals surface area (Å²) >= 11 is 0. The molecule has 8 nitrogen and oxygen atoms in total. The Bertz CT molecular complexity index is 668. The second-order valence-corrected chi connectivity index (χ2v) is 3.98. The molecule has 2 rings (SSSR count). The van der Waals surface area contributed by atoms with Crippen molar-refractivity contribution in [2.75, 3.05) is 26.3 Å². The van der Waals surface area contributed by atoms with Gasteiger partial charge in [-0.25, -0.2) is 10.6 Å². The molecular weight excluding hydrogens is 262 g/mol. The first-order valence-corrected chi connectivity index (χ1v) is 5.74. The van der Waals surface area contributed by atoms with Gasteiger partial charge in [-0.1, -0.05) is 0 Å². The Kier molecular flexibility index (Phi) is 3.85. The smallest absolute Gasteiger partial charge is 0.349 e. The summed E-state index contributed by atoms with van der Waals surface area (Å²) in [7, 11) is 4.63. The molecule has 1 aromatic carbocycles. The topological polar surface area (TPSA) is 106 Å². The van der Waals surface area contributed by atoms with Crippen molar-refractivity contribution in [3.05, 3.63) is 28.7 Å². The predicted molar refractivity (Wildman–Crippen MR) is 73.8 cm³/mol. The van der Waals surface area contributed by atoms with Gasteiger partial charge in [-0.3, -0.25) is 9.99 Å². The van der Waals surface area contributed by atoms with Gasteiger partial charge in [0.05, 0.1) is 14.2 Å². The van der Waals surface area contributed by atoms with Crippen LogP contribution in [0.3, 0.4) is 0 Å². The molecule has 3 N–H and O–H groups in total. The standard InChI is InChI=1S/C12H15N5O3/c1-17(13)11-14-10(15-12(18)16-11)7-4-5-8(19-2)9(6-7)20-3/h4-6H,13H2,1-3H3,(H,14,15,16,18). The number of hydrazine groups is 1. The van der Waals surface area contributed by atoms with E-state index in [1.54, 1.807) is 32.4 Å². The fraction of sp³-hybridized carbons (Fsp3) is 0.250. The molecule has 0 unspecified atom stereocenters. The van der Waals surface area contributed by atoms with E-state index < -0.39 is 5.69 Å². The van der Waals surface area contributed by atoms with E-state index in [4.69, 9.17) is 15.3 Å². The first kappa shape index (κ1) is 13.8. The minimum atomic E-state index is -0.530. The van der Waals surface area contributed by atoms with Crippen LogP contribution in [0.1, 0.15) is 0 Å². The first-order valence-electron chi connectivity index (χ1n) is 5.74. The van der Waals surface area contributed by atoms with Crippen molar-refractivity contribution in [2.24, 2.45) is 5.84 Å². The highest BCUT2D eigenvalue weighted by molar-refractivity contribution is 5.61. The minimum Gasteiger partial charge on any atom is -0.493 e. The van der Waals surface area contributed by atoms with Crippen LogP contribution in [-0.2, 0) is 0 Å². The van der Waals surface area contributed by atoms with E-state index in [-0.39, 0.29) is 5.95 Å². The van der Waals surface area contributed by atoms with Crippen molar-refractivity contribution in [1.29, 1.82) is 0 Å². The average Bonchev–Trinajstić information content (AvgIpc) is 2.45. The molecule has 0 bridgehead atoms. The lowest BCUT2D eigenvalue weighted by Crippen LogP contribution is -2.30. The van der Waals surface area contributed by atoms with Crippen LogP contribution >= 0.6 is 0 Å². The molecule has 0 aliphatic carbocycles. The lowest BCUT2D eigenvalue weighted by atomic mass is 10.2. The summed E-state index contributed by atoms with van der Waals surface area (Å²) in [5.41, 5.74) is 0.127. The fourth-order valence-electron chi connectivity index (χ4n) is 1.65. The monoisotopic (exact) mass is 277 g/mol. The quantitative estimate of drug-likeness (QED) is 0.605. The third-order valence-electron chi connectivity index (χ3n) is 2.61. The molecule has 0 aliphatic heterocycles. The molecule has 2 aromatic rings. The molecule has 0 atom stereocenters. The summed E-state index contributed by atoms with van der Waals surface area (Å²) in [6, 6.07) is 5.18. The van der Waals surface area contributed by atoms with E-state index in [0.717, 1.165) is 0 Å². The van der Waals surface area contributed by atoms with Crippen LogP contribution in [0.4, 0.5) is 5.95 Å². The predicted octanol–water partition coefficient (Wildman–Crippen LogP) is 0.159. The number of nitrogens with two attached hydrogens (primary N) is 1. The Balaban J connectivity index is 2.53. The normalized spacial score (nSPS) is 10.2. The summed E-state index contributed by atoms with van der Waals surface area (Å²) < 4.78 is 10.4. The number of nitrogens with zero attached hydrogens (tertiary/aromatic N) is 3. The van der Waals surface area contributed by atoms with Gasteiger partial charge < -0.3 is 9.47 Å². The lowest BCUT2D eigenvalue weighted by Gasteiger charge is -2.11. The molecule has 1 heterocycles. The molecule has 0 spiro atoms. The Hall–Kier alpha value is -2.61. The number of ether oxygens (including phenoxy) is 2. The fourth-order valence-corrected chi connectivity index (χ4v) is 1.65. The number of H-pyrrole nitrogens is 1. The van der Waals surface area contributed by atoms with Crippen molar-refractivity contribution in [3.63, 3.8) is 0 Å². The van der Waals surface area contributed by atoms with Crippen LogP contribution in [0.2, 0.25) is 0 Å². The van der Waals surface area contributed by atoms with Crippen molar-refractivity contribution in [3.8, 4) is 22.9 Å². The maximum Gasteiger partial charge on any atom is 0.349 e. The third kappa shape index (κ3) is 2.69. The van der Waals surface area contributed by atoms with Crippen LogP contribution in [-0.4, -0.2) is 36.2 Å². The number of methoxy groups -OCH3 is 2. The van der Waals surface area contributed by atoms with E-state index in [1.165, 1.54) is 12.1 Å².